The number of esters is 1. The Morgan fingerprint density at radius 3 is 1.53 bits per heavy atom. The molecule has 3 N–H and O–H groups in total. The molecule has 6 heterocycles. The van der Waals surface area contributed by atoms with E-state index in [0.717, 1.165) is 11.0 Å². The summed E-state index contributed by atoms with van der Waals surface area (Å²) < 4.78 is 19.5. The van der Waals surface area contributed by atoms with Crippen LogP contribution in [0.4, 0.5) is 11.4 Å². The number of nitrogens with one attached hydrogen (secondary N) is 2. The van der Waals surface area contributed by atoms with E-state index < -0.39 is 23.8 Å². The number of anilines is 2. The fourth-order valence-electron chi connectivity index (χ4n) is 5.39. The first kappa shape index (κ1) is 33.7. The molecule has 0 saturated carbocycles. The SMILES string of the molecule is COC(=O)c1cc(-c2ccn3nccc3c2)oc1C(=O)Nc1ccccc1.O=C(O)c1cc(-c2ccn3nccc3c2)oc1C(=O)Nc1ccccc1. The number of ether oxygens (including phenoxy) is 1. The van der Waals surface area contributed by atoms with Gasteiger partial charge in [-0.15, -0.1) is 0 Å². The summed E-state index contributed by atoms with van der Waals surface area (Å²) in [5, 5.41) is 23.0. The average Bonchev–Trinajstić information content (AvgIpc) is 4.01. The predicted octanol–water partition coefficient (Wildman–Crippen LogP) is 7.18. The van der Waals surface area contributed by atoms with Gasteiger partial charge in [-0.2, -0.15) is 10.2 Å². The van der Waals surface area contributed by atoms with E-state index in [4.69, 9.17) is 13.6 Å². The van der Waals surface area contributed by atoms with Gasteiger partial charge in [-0.25, -0.2) is 18.6 Å². The van der Waals surface area contributed by atoms with Gasteiger partial charge in [0, 0.05) is 47.3 Å². The number of para-hydroxylation sites is 2. The van der Waals surface area contributed by atoms with E-state index in [1.807, 2.05) is 30.3 Å². The van der Waals surface area contributed by atoms with Crippen molar-refractivity contribution in [3.63, 3.8) is 0 Å². The van der Waals surface area contributed by atoms with Gasteiger partial charge in [-0.05, 0) is 72.8 Å². The second-order valence-corrected chi connectivity index (χ2v) is 11.4. The van der Waals surface area contributed by atoms with Gasteiger partial charge in [-0.3, -0.25) is 9.59 Å². The topological polar surface area (TPSA) is 183 Å². The van der Waals surface area contributed by atoms with Crippen LogP contribution in [0.3, 0.4) is 0 Å². The number of carboxylic acids is 1. The Labute approximate surface area is 299 Å². The Hall–Kier alpha value is -7.74. The first-order valence-electron chi connectivity index (χ1n) is 16.0. The lowest BCUT2D eigenvalue weighted by atomic mass is 10.1. The molecular formula is C39H28N6O8. The van der Waals surface area contributed by atoms with Crippen molar-refractivity contribution in [3.05, 3.63) is 157 Å². The molecule has 14 heteroatoms. The summed E-state index contributed by atoms with van der Waals surface area (Å²) in [7, 11) is 1.26. The van der Waals surface area contributed by atoms with Gasteiger partial charge in [0.05, 0.1) is 18.1 Å². The molecule has 0 unspecified atom stereocenters. The van der Waals surface area contributed by atoms with Gasteiger partial charge in [0.1, 0.15) is 22.6 Å². The summed E-state index contributed by atoms with van der Waals surface area (Å²) in [5.41, 5.74) is 4.07. The van der Waals surface area contributed by atoms with Crippen molar-refractivity contribution in [3.8, 4) is 22.6 Å². The van der Waals surface area contributed by atoms with Crippen LogP contribution in [-0.4, -0.2) is 55.2 Å². The summed E-state index contributed by atoms with van der Waals surface area (Å²) in [6, 6.07) is 31.4. The molecule has 6 aromatic heterocycles. The third-order valence-corrected chi connectivity index (χ3v) is 7.94. The minimum atomic E-state index is -1.23. The first-order valence-corrected chi connectivity index (χ1v) is 16.0. The number of pyridine rings is 2. The average molecular weight is 709 g/mol. The lowest BCUT2D eigenvalue weighted by Gasteiger charge is -2.04. The highest BCUT2D eigenvalue weighted by Crippen LogP contribution is 2.29. The Kier molecular flexibility index (Phi) is 9.31. The van der Waals surface area contributed by atoms with E-state index in [2.05, 4.69) is 20.8 Å². The zero-order valence-corrected chi connectivity index (χ0v) is 27.8. The second-order valence-electron chi connectivity index (χ2n) is 11.4. The molecule has 0 saturated heterocycles. The number of furan rings is 2. The Balaban J connectivity index is 0.000000164. The van der Waals surface area contributed by atoms with Crippen molar-refractivity contribution >= 4 is 46.2 Å². The number of rotatable bonds is 8. The second kappa shape index (κ2) is 14.6. The van der Waals surface area contributed by atoms with Crippen LogP contribution in [-0.2, 0) is 4.74 Å². The molecule has 14 nitrogen and oxygen atoms in total. The number of hydrogen-bond donors (Lipinski definition) is 3. The van der Waals surface area contributed by atoms with Crippen molar-refractivity contribution in [2.45, 2.75) is 0 Å². The number of aromatic nitrogens is 4. The third kappa shape index (κ3) is 7.27. The lowest BCUT2D eigenvalue weighted by Crippen LogP contribution is -2.15. The van der Waals surface area contributed by atoms with Crippen LogP contribution < -0.4 is 10.6 Å². The maximum atomic E-state index is 12.6. The van der Waals surface area contributed by atoms with Crippen molar-refractivity contribution < 1.29 is 37.9 Å². The molecule has 0 spiro atoms. The normalized spacial score (nSPS) is 10.7. The zero-order valence-electron chi connectivity index (χ0n) is 27.8. The van der Waals surface area contributed by atoms with Crippen LogP contribution in [0.1, 0.15) is 41.8 Å². The summed E-state index contributed by atoms with van der Waals surface area (Å²) in [6.07, 6.45) is 6.84. The highest BCUT2D eigenvalue weighted by atomic mass is 16.5. The third-order valence-electron chi connectivity index (χ3n) is 7.94. The molecule has 2 aromatic carbocycles. The summed E-state index contributed by atoms with van der Waals surface area (Å²) in [5.74, 6) is -2.69. The van der Waals surface area contributed by atoms with Crippen LogP contribution in [0.2, 0.25) is 0 Å². The zero-order chi connectivity index (χ0) is 36.9. The maximum Gasteiger partial charge on any atom is 0.342 e. The van der Waals surface area contributed by atoms with Crippen LogP contribution in [0.25, 0.3) is 33.7 Å². The molecular weight excluding hydrogens is 680 g/mol. The highest BCUT2D eigenvalue weighted by Gasteiger charge is 2.26. The molecule has 8 rings (SSSR count). The van der Waals surface area contributed by atoms with Gasteiger partial charge in [-0.1, -0.05) is 36.4 Å². The first-order chi connectivity index (χ1) is 25.8. The number of aromatic carboxylic acids is 1. The number of carbonyl (C=O) groups is 4. The summed E-state index contributed by atoms with van der Waals surface area (Å²) in [4.78, 5) is 48.8. The number of carboxylic acid groups (broad SMARTS) is 1. The number of methoxy groups -OCH3 is 1. The Bertz CT molecular complexity index is 2600. The van der Waals surface area contributed by atoms with E-state index >= 15 is 0 Å². The van der Waals surface area contributed by atoms with Crippen molar-refractivity contribution in [2.75, 3.05) is 17.7 Å². The van der Waals surface area contributed by atoms with Crippen molar-refractivity contribution in [1.82, 2.24) is 19.2 Å². The standard InChI is InChI=1S/C20H15N3O4.C19H13N3O4/c1-26-20(25)16-12-17(13-8-10-23-15(11-13)7-9-21-23)27-18(16)19(24)22-14-5-3-2-4-6-14;23-18(21-13-4-2-1-3-5-13)17-15(19(24)25)11-16(26-17)12-7-9-22-14(10-12)6-8-20-22/h2-12H,1H3,(H,22,24);1-11H,(H,21,23)(H,24,25). The quantitative estimate of drug-likeness (QED) is 0.137. The number of carbonyl (C=O) groups excluding carboxylic acids is 3. The molecule has 0 aliphatic rings. The maximum absolute atomic E-state index is 12.6. The Morgan fingerprint density at radius 2 is 1.08 bits per heavy atom. The number of hydrogen-bond acceptors (Lipinski definition) is 9. The molecule has 0 atom stereocenters. The van der Waals surface area contributed by atoms with E-state index in [0.29, 0.717) is 34.0 Å². The number of fused-ring (bicyclic) bond motifs is 2. The summed E-state index contributed by atoms with van der Waals surface area (Å²) >= 11 is 0. The Morgan fingerprint density at radius 1 is 0.623 bits per heavy atom. The van der Waals surface area contributed by atoms with Gasteiger partial charge < -0.3 is 29.3 Å². The molecule has 0 fully saturated rings. The fraction of sp³-hybridized carbons (Fsp3) is 0.0256. The lowest BCUT2D eigenvalue weighted by molar-refractivity contribution is 0.0594. The van der Waals surface area contributed by atoms with E-state index in [-0.39, 0.29) is 22.6 Å². The van der Waals surface area contributed by atoms with E-state index in [1.165, 1.54) is 19.2 Å². The molecule has 262 valence electrons. The fourth-order valence-corrected chi connectivity index (χ4v) is 5.39. The molecule has 0 radical (unpaired) electrons. The minimum absolute atomic E-state index is 0.0642. The molecule has 8 aromatic rings. The highest BCUT2D eigenvalue weighted by molar-refractivity contribution is 6.10. The monoisotopic (exact) mass is 708 g/mol. The number of amides is 2. The molecule has 53 heavy (non-hydrogen) atoms. The van der Waals surface area contributed by atoms with Gasteiger partial charge in [0.15, 0.2) is 0 Å². The predicted molar refractivity (Wildman–Crippen MR) is 193 cm³/mol. The largest absolute Gasteiger partial charge is 0.478 e. The van der Waals surface area contributed by atoms with Gasteiger partial charge >= 0.3 is 11.9 Å². The van der Waals surface area contributed by atoms with Crippen LogP contribution in [0.15, 0.2) is 143 Å². The summed E-state index contributed by atoms with van der Waals surface area (Å²) in [6.45, 7) is 0. The van der Waals surface area contributed by atoms with E-state index in [1.54, 1.807) is 101 Å². The van der Waals surface area contributed by atoms with Crippen LogP contribution in [0.5, 0.6) is 0 Å². The van der Waals surface area contributed by atoms with Gasteiger partial charge in [0.25, 0.3) is 11.8 Å². The van der Waals surface area contributed by atoms with Crippen LogP contribution in [0, 0.1) is 0 Å². The molecule has 2 amide bonds. The number of nitrogens with zero attached hydrogens (tertiary/aromatic N) is 4. The van der Waals surface area contributed by atoms with E-state index in [9.17, 15) is 24.3 Å². The van der Waals surface area contributed by atoms with Crippen molar-refractivity contribution in [1.29, 1.82) is 0 Å². The minimum Gasteiger partial charge on any atom is -0.478 e. The van der Waals surface area contributed by atoms with Crippen molar-refractivity contribution in [2.24, 2.45) is 0 Å². The van der Waals surface area contributed by atoms with Gasteiger partial charge in [0.2, 0.25) is 11.5 Å². The number of benzene rings is 2. The molecule has 0 bridgehead atoms. The molecule has 0 aliphatic carbocycles. The smallest absolute Gasteiger partial charge is 0.342 e. The van der Waals surface area contributed by atoms with Crippen LogP contribution >= 0.6 is 0 Å². The molecule has 0 aliphatic heterocycles.